The molecular formula is C10H18N2O2. The van der Waals surface area contributed by atoms with Gasteiger partial charge in [0, 0.05) is 13.1 Å². The van der Waals surface area contributed by atoms with Crippen molar-refractivity contribution in [2.24, 2.45) is 0 Å². The van der Waals surface area contributed by atoms with Gasteiger partial charge in [-0.3, -0.25) is 9.69 Å². The van der Waals surface area contributed by atoms with Gasteiger partial charge < -0.3 is 10.0 Å². The van der Waals surface area contributed by atoms with Crippen molar-refractivity contribution in [2.45, 2.75) is 25.4 Å². The zero-order valence-corrected chi connectivity index (χ0v) is 8.48. The van der Waals surface area contributed by atoms with Crippen LogP contribution in [0.4, 0.5) is 0 Å². The second kappa shape index (κ2) is 4.28. The lowest BCUT2D eigenvalue weighted by atomic mass is 10.1. The predicted molar refractivity (Wildman–Crippen MR) is 52.9 cm³/mol. The molecule has 2 heterocycles. The molecule has 0 aromatic heterocycles. The minimum atomic E-state index is -0.277. The monoisotopic (exact) mass is 198 g/mol. The third kappa shape index (κ3) is 2.25. The smallest absolute Gasteiger partial charge is 0.236 e. The molecule has 14 heavy (non-hydrogen) atoms. The first-order valence-corrected chi connectivity index (χ1v) is 5.44. The Hall–Kier alpha value is -0.610. The molecule has 2 fully saturated rings. The maximum Gasteiger partial charge on any atom is 0.236 e. The average Bonchev–Trinajstić information content (AvgIpc) is 2.14. The Morgan fingerprint density at radius 2 is 1.86 bits per heavy atom. The Labute approximate surface area is 84.5 Å². The number of nitrogens with zero attached hydrogens (tertiary/aromatic N) is 2. The van der Waals surface area contributed by atoms with E-state index in [9.17, 15) is 4.79 Å². The first-order valence-electron chi connectivity index (χ1n) is 5.44. The number of aliphatic hydroxyl groups is 1. The highest BCUT2D eigenvalue weighted by molar-refractivity contribution is 5.79. The van der Waals surface area contributed by atoms with Gasteiger partial charge >= 0.3 is 0 Å². The molecule has 0 radical (unpaired) electrons. The van der Waals surface area contributed by atoms with Crippen molar-refractivity contribution in [1.82, 2.24) is 9.80 Å². The van der Waals surface area contributed by atoms with Crippen LogP contribution in [0.1, 0.15) is 19.3 Å². The second-order valence-electron chi connectivity index (χ2n) is 4.29. The van der Waals surface area contributed by atoms with Crippen molar-refractivity contribution in [1.29, 1.82) is 0 Å². The number of aliphatic hydroxyl groups excluding tert-OH is 1. The van der Waals surface area contributed by atoms with Crippen LogP contribution in [0, 0.1) is 0 Å². The fourth-order valence-electron chi connectivity index (χ4n) is 2.07. The van der Waals surface area contributed by atoms with Crippen LogP contribution in [0.25, 0.3) is 0 Å². The number of carbonyl (C=O) groups excluding carboxylic acids is 1. The van der Waals surface area contributed by atoms with E-state index in [1.54, 1.807) is 4.90 Å². The number of amides is 1. The van der Waals surface area contributed by atoms with Gasteiger partial charge in [-0.15, -0.1) is 0 Å². The van der Waals surface area contributed by atoms with Gasteiger partial charge in [0.1, 0.15) is 0 Å². The normalized spacial score (nSPS) is 24.8. The van der Waals surface area contributed by atoms with Gasteiger partial charge in [-0.2, -0.15) is 0 Å². The van der Waals surface area contributed by atoms with Crippen molar-refractivity contribution in [3.8, 4) is 0 Å². The third-order valence-corrected chi connectivity index (χ3v) is 3.02. The van der Waals surface area contributed by atoms with E-state index in [4.69, 9.17) is 5.11 Å². The SMILES string of the molecule is O=C(CN1CCCCC1)N1CC(O)C1. The largest absolute Gasteiger partial charge is 0.389 e. The molecule has 1 amide bonds. The Morgan fingerprint density at radius 1 is 1.21 bits per heavy atom. The van der Waals surface area contributed by atoms with Crippen LogP contribution in [-0.4, -0.2) is 59.6 Å². The molecule has 0 saturated carbocycles. The summed E-state index contributed by atoms with van der Waals surface area (Å²) in [4.78, 5) is 15.6. The molecule has 2 rings (SSSR count). The van der Waals surface area contributed by atoms with Crippen molar-refractivity contribution in [3.05, 3.63) is 0 Å². The molecule has 0 unspecified atom stereocenters. The highest BCUT2D eigenvalue weighted by Gasteiger charge is 2.29. The van der Waals surface area contributed by atoms with Gasteiger partial charge in [0.15, 0.2) is 0 Å². The third-order valence-electron chi connectivity index (χ3n) is 3.02. The van der Waals surface area contributed by atoms with Gasteiger partial charge in [-0.1, -0.05) is 6.42 Å². The molecule has 2 aliphatic heterocycles. The number of piperidine rings is 1. The summed E-state index contributed by atoms with van der Waals surface area (Å²) in [6.07, 6.45) is 3.46. The van der Waals surface area contributed by atoms with Crippen LogP contribution in [0.15, 0.2) is 0 Å². The van der Waals surface area contributed by atoms with Gasteiger partial charge in [0.05, 0.1) is 12.6 Å². The molecule has 4 nitrogen and oxygen atoms in total. The van der Waals surface area contributed by atoms with Crippen LogP contribution >= 0.6 is 0 Å². The van der Waals surface area contributed by atoms with Crippen molar-refractivity contribution < 1.29 is 9.90 Å². The van der Waals surface area contributed by atoms with E-state index in [0.717, 1.165) is 13.1 Å². The Kier molecular flexibility index (Phi) is 3.03. The maximum absolute atomic E-state index is 11.6. The lowest BCUT2D eigenvalue weighted by Gasteiger charge is -2.37. The van der Waals surface area contributed by atoms with Crippen molar-refractivity contribution >= 4 is 5.91 Å². The molecule has 1 N–H and O–H groups in total. The quantitative estimate of drug-likeness (QED) is 0.661. The Morgan fingerprint density at radius 3 is 2.43 bits per heavy atom. The Balaban J connectivity index is 1.71. The predicted octanol–water partition coefficient (Wildman–Crippen LogP) is -0.325. The molecular weight excluding hydrogens is 180 g/mol. The van der Waals surface area contributed by atoms with Gasteiger partial charge in [0.25, 0.3) is 0 Å². The summed E-state index contributed by atoms with van der Waals surface area (Å²) in [7, 11) is 0. The van der Waals surface area contributed by atoms with E-state index in [1.807, 2.05) is 0 Å². The first-order chi connectivity index (χ1) is 6.75. The number of carbonyl (C=O) groups is 1. The maximum atomic E-state index is 11.6. The van der Waals surface area contributed by atoms with E-state index in [0.29, 0.717) is 19.6 Å². The number of rotatable bonds is 2. The summed E-state index contributed by atoms with van der Waals surface area (Å²) in [6, 6.07) is 0. The van der Waals surface area contributed by atoms with Gasteiger partial charge in [-0.25, -0.2) is 0 Å². The summed E-state index contributed by atoms with van der Waals surface area (Å²) < 4.78 is 0. The first kappa shape index (κ1) is 9.93. The molecule has 2 saturated heterocycles. The number of likely N-dealkylation sites (tertiary alicyclic amines) is 2. The standard InChI is InChI=1S/C10H18N2O2/c13-9-6-12(7-9)10(14)8-11-4-2-1-3-5-11/h9,13H,1-8H2. The van der Waals surface area contributed by atoms with E-state index in [-0.39, 0.29) is 12.0 Å². The van der Waals surface area contributed by atoms with Crippen LogP contribution < -0.4 is 0 Å². The fourth-order valence-corrected chi connectivity index (χ4v) is 2.07. The lowest BCUT2D eigenvalue weighted by Crippen LogP contribution is -2.56. The molecule has 0 bridgehead atoms. The Bertz CT molecular complexity index is 208. The lowest BCUT2D eigenvalue weighted by molar-refractivity contribution is -0.142. The second-order valence-corrected chi connectivity index (χ2v) is 4.29. The number of hydrogen-bond donors (Lipinski definition) is 1. The average molecular weight is 198 g/mol. The van der Waals surface area contributed by atoms with Crippen LogP contribution in [0.2, 0.25) is 0 Å². The van der Waals surface area contributed by atoms with E-state index in [1.165, 1.54) is 19.3 Å². The number of β-amino-alcohol motifs (C(OH)–C–C–N with tert-alkyl or cyclic N) is 1. The highest BCUT2D eigenvalue weighted by atomic mass is 16.3. The van der Waals surface area contributed by atoms with Gasteiger partial charge in [0.2, 0.25) is 5.91 Å². The van der Waals surface area contributed by atoms with Gasteiger partial charge in [-0.05, 0) is 25.9 Å². The summed E-state index contributed by atoms with van der Waals surface area (Å²) in [6.45, 7) is 3.73. The highest BCUT2D eigenvalue weighted by Crippen LogP contribution is 2.11. The summed E-state index contributed by atoms with van der Waals surface area (Å²) in [5.41, 5.74) is 0. The molecule has 0 aromatic carbocycles. The van der Waals surface area contributed by atoms with E-state index >= 15 is 0 Å². The van der Waals surface area contributed by atoms with Crippen molar-refractivity contribution in [3.63, 3.8) is 0 Å². The number of hydrogen-bond acceptors (Lipinski definition) is 3. The van der Waals surface area contributed by atoms with Crippen LogP contribution in [0.5, 0.6) is 0 Å². The van der Waals surface area contributed by atoms with Crippen LogP contribution in [0.3, 0.4) is 0 Å². The summed E-state index contributed by atoms with van der Waals surface area (Å²) >= 11 is 0. The summed E-state index contributed by atoms with van der Waals surface area (Å²) in [5, 5.41) is 9.07. The molecule has 0 spiro atoms. The zero-order chi connectivity index (χ0) is 9.97. The summed E-state index contributed by atoms with van der Waals surface area (Å²) in [5.74, 6) is 0.178. The zero-order valence-electron chi connectivity index (χ0n) is 8.48. The minimum Gasteiger partial charge on any atom is -0.389 e. The molecule has 0 atom stereocenters. The topological polar surface area (TPSA) is 43.8 Å². The van der Waals surface area contributed by atoms with Crippen LogP contribution in [-0.2, 0) is 4.79 Å². The molecule has 0 aliphatic carbocycles. The molecule has 80 valence electrons. The van der Waals surface area contributed by atoms with Crippen molar-refractivity contribution in [2.75, 3.05) is 32.7 Å². The molecule has 4 heteroatoms. The molecule has 0 aromatic rings. The molecule has 2 aliphatic rings. The van der Waals surface area contributed by atoms with E-state index in [2.05, 4.69) is 4.90 Å². The minimum absolute atomic E-state index is 0.178. The van der Waals surface area contributed by atoms with E-state index < -0.39 is 0 Å². The fraction of sp³-hybridized carbons (Fsp3) is 0.900.